The van der Waals surface area contributed by atoms with Crippen LogP contribution in [0.2, 0.25) is 0 Å². The summed E-state index contributed by atoms with van der Waals surface area (Å²) in [6, 6.07) is 7.88. The van der Waals surface area contributed by atoms with Crippen LogP contribution in [0.4, 0.5) is 0 Å². The van der Waals surface area contributed by atoms with Gasteiger partial charge in [-0.05, 0) is 44.2 Å². The van der Waals surface area contributed by atoms with E-state index in [1.807, 2.05) is 43.0 Å². The maximum atomic E-state index is 13.2. The van der Waals surface area contributed by atoms with Gasteiger partial charge in [-0.2, -0.15) is 0 Å². The predicted octanol–water partition coefficient (Wildman–Crippen LogP) is 4.08. The van der Waals surface area contributed by atoms with Crippen molar-refractivity contribution in [1.29, 1.82) is 0 Å². The van der Waals surface area contributed by atoms with Crippen molar-refractivity contribution in [1.82, 2.24) is 9.80 Å². The van der Waals surface area contributed by atoms with Crippen molar-refractivity contribution in [3.8, 4) is 0 Å². The summed E-state index contributed by atoms with van der Waals surface area (Å²) in [4.78, 5) is 30.2. The van der Waals surface area contributed by atoms with Crippen LogP contribution in [0.25, 0.3) is 0 Å². The monoisotopic (exact) mass is 386 g/mol. The lowest BCUT2D eigenvalue weighted by molar-refractivity contribution is -0.138. The van der Waals surface area contributed by atoms with Crippen molar-refractivity contribution >= 4 is 23.6 Å². The van der Waals surface area contributed by atoms with Crippen LogP contribution in [0, 0.1) is 12.8 Å². The Bertz CT molecular complexity index is 706. The molecule has 0 aromatic heterocycles. The average Bonchev–Trinajstić information content (AvgIpc) is 3.11. The molecule has 2 amide bonds. The fourth-order valence-electron chi connectivity index (χ4n) is 4.95. The highest BCUT2D eigenvalue weighted by atomic mass is 32.2. The van der Waals surface area contributed by atoms with E-state index >= 15 is 0 Å². The van der Waals surface area contributed by atoms with E-state index in [9.17, 15) is 9.59 Å². The SMILES string of the molecule is Cc1ccccc1C(=O)N1CCSC12CCN(C(=O)C1CCCCC1)CC2. The van der Waals surface area contributed by atoms with Crippen LogP contribution in [0.3, 0.4) is 0 Å². The molecule has 1 spiro atoms. The Labute approximate surface area is 166 Å². The van der Waals surface area contributed by atoms with Gasteiger partial charge in [0.15, 0.2) is 0 Å². The molecule has 27 heavy (non-hydrogen) atoms. The summed E-state index contributed by atoms with van der Waals surface area (Å²) in [5, 5.41) is 0. The maximum Gasteiger partial charge on any atom is 0.255 e. The summed E-state index contributed by atoms with van der Waals surface area (Å²) >= 11 is 1.92. The van der Waals surface area contributed by atoms with Gasteiger partial charge in [0.25, 0.3) is 5.91 Å². The van der Waals surface area contributed by atoms with Crippen LogP contribution in [0.5, 0.6) is 0 Å². The quantitative estimate of drug-likeness (QED) is 0.769. The third-order valence-corrected chi connectivity index (χ3v) is 8.16. The fraction of sp³-hybridized carbons (Fsp3) is 0.636. The molecule has 3 fully saturated rings. The molecule has 0 atom stereocenters. The zero-order chi connectivity index (χ0) is 18.9. The van der Waals surface area contributed by atoms with Gasteiger partial charge in [-0.3, -0.25) is 9.59 Å². The first-order valence-corrected chi connectivity index (χ1v) is 11.4. The maximum absolute atomic E-state index is 13.2. The molecule has 0 bridgehead atoms. The third-order valence-electron chi connectivity index (χ3n) is 6.61. The Morgan fingerprint density at radius 3 is 2.44 bits per heavy atom. The Morgan fingerprint density at radius 2 is 1.74 bits per heavy atom. The van der Waals surface area contributed by atoms with Gasteiger partial charge < -0.3 is 9.80 Å². The molecular weight excluding hydrogens is 356 g/mol. The Morgan fingerprint density at radius 1 is 1.04 bits per heavy atom. The second-order valence-corrected chi connectivity index (χ2v) is 9.68. The number of rotatable bonds is 2. The first kappa shape index (κ1) is 18.9. The molecule has 2 saturated heterocycles. The number of benzene rings is 1. The number of thioether (sulfide) groups is 1. The number of piperidine rings is 1. The van der Waals surface area contributed by atoms with Gasteiger partial charge in [-0.25, -0.2) is 0 Å². The molecule has 0 N–H and O–H groups in total. The van der Waals surface area contributed by atoms with Gasteiger partial charge in [0.05, 0.1) is 4.87 Å². The molecule has 4 nitrogen and oxygen atoms in total. The highest BCUT2D eigenvalue weighted by molar-refractivity contribution is 8.00. The summed E-state index contributed by atoms with van der Waals surface area (Å²) in [5.74, 6) is 1.76. The minimum absolute atomic E-state index is 0.122. The summed E-state index contributed by atoms with van der Waals surface area (Å²) in [6.45, 7) is 4.41. The smallest absolute Gasteiger partial charge is 0.255 e. The van der Waals surface area contributed by atoms with Crippen molar-refractivity contribution in [2.45, 2.75) is 56.7 Å². The molecule has 1 aromatic carbocycles. The van der Waals surface area contributed by atoms with E-state index in [2.05, 4.69) is 9.80 Å². The van der Waals surface area contributed by atoms with Crippen molar-refractivity contribution < 1.29 is 9.59 Å². The van der Waals surface area contributed by atoms with Crippen LogP contribution >= 0.6 is 11.8 Å². The average molecular weight is 387 g/mol. The van der Waals surface area contributed by atoms with Crippen molar-refractivity contribution in [2.24, 2.45) is 5.92 Å². The molecule has 2 aliphatic heterocycles. The lowest BCUT2D eigenvalue weighted by Gasteiger charge is -2.45. The largest absolute Gasteiger partial charge is 0.342 e. The van der Waals surface area contributed by atoms with Gasteiger partial charge in [0.2, 0.25) is 5.91 Å². The summed E-state index contributed by atoms with van der Waals surface area (Å²) in [6.07, 6.45) is 7.59. The zero-order valence-electron chi connectivity index (χ0n) is 16.3. The lowest BCUT2D eigenvalue weighted by atomic mass is 9.87. The standard InChI is InChI=1S/C22H30N2O2S/c1-17-7-5-6-10-19(17)21(26)24-15-16-27-22(24)11-13-23(14-12-22)20(25)18-8-3-2-4-9-18/h5-7,10,18H,2-4,8-9,11-16H2,1H3. The molecule has 146 valence electrons. The predicted molar refractivity (Wildman–Crippen MR) is 110 cm³/mol. The van der Waals surface area contributed by atoms with Crippen molar-refractivity contribution in [2.75, 3.05) is 25.4 Å². The van der Waals surface area contributed by atoms with Crippen LogP contribution in [0.15, 0.2) is 24.3 Å². The number of amides is 2. The van der Waals surface area contributed by atoms with Gasteiger partial charge in [0.1, 0.15) is 0 Å². The lowest BCUT2D eigenvalue weighted by Crippen LogP contribution is -2.54. The van der Waals surface area contributed by atoms with E-state index in [-0.39, 0.29) is 16.7 Å². The van der Waals surface area contributed by atoms with E-state index in [0.717, 1.165) is 62.2 Å². The van der Waals surface area contributed by atoms with Crippen LogP contribution in [-0.4, -0.2) is 51.9 Å². The molecule has 1 aromatic rings. The van der Waals surface area contributed by atoms with E-state index in [0.29, 0.717) is 5.91 Å². The number of aryl methyl sites for hydroxylation is 1. The first-order chi connectivity index (χ1) is 13.1. The van der Waals surface area contributed by atoms with E-state index in [1.165, 1.54) is 19.3 Å². The number of hydrogen-bond acceptors (Lipinski definition) is 3. The van der Waals surface area contributed by atoms with Gasteiger partial charge in [-0.1, -0.05) is 37.5 Å². The van der Waals surface area contributed by atoms with Crippen LogP contribution < -0.4 is 0 Å². The first-order valence-electron chi connectivity index (χ1n) is 10.4. The Kier molecular flexibility index (Phi) is 5.49. The van der Waals surface area contributed by atoms with Crippen LogP contribution in [0.1, 0.15) is 60.9 Å². The second kappa shape index (κ2) is 7.86. The molecule has 0 radical (unpaired) electrons. The summed E-state index contributed by atoms with van der Waals surface area (Å²) < 4.78 is 0. The minimum atomic E-state index is -0.122. The van der Waals surface area contributed by atoms with Gasteiger partial charge in [0, 0.05) is 36.9 Å². The second-order valence-electron chi connectivity index (χ2n) is 8.23. The minimum Gasteiger partial charge on any atom is -0.342 e. The van der Waals surface area contributed by atoms with E-state index in [4.69, 9.17) is 0 Å². The van der Waals surface area contributed by atoms with Crippen molar-refractivity contribution in [3.63, 3.8) is 0 Å². The molecule has 3 aliphatic rings. The molecule has 4 rings (SSSR count). The van der Waals surface area contributed by atoms with Crippen LogP contribution in [-0.2, 0) is 4.79 Å². The molecule has 0 unspecified atom stereocenters. The number of hydrogen-bond donors (Lipinski definition) is 0. The summed E-state index contributed by atoms with van der Waals surface area (Å²) in [7, 11) is 0. The number of nitrogens with zero attached hydrogens (tertiary/aromatic N) is 2. The highest BCUT2D eigenvalue weighted by Gasteiger charge is 2.47. The fourth-order valence-corrected chi connectivity index (χ4v) is 6.41. The molecule has 1 aliphatic carbocycles. The third kappa shape index (κ3) is 3.63. The molecular formula is C22H30N2O2S. The molecule has 5 heteroatoms. The number of carbonyl (C=O) groups excluding carboxylic acids is 2. The van der Waals surface area contributed by atoms with Crippen molar-refractivity contribution in [3.05, 3.63) is 35.4 Å². The topological polar surface area (TPSA) is 40.6 Å². The van der Waals surface area contributed by atoms with Gasteiger partial charge >= 0.3 is 0 Å². The van der Waals surface area contributed by atoms with Gasteiger partial charge in [-0.15, -0.1) is 11.8 Å². The Hall–Kier alpha value is -1.49. The zero-order valence-corrected chi connectivity index (χ0v) is 17.1. The summed E-state index contributed by atoms with van der Waals surface area (Å²) in [5.41, 5.74) is 1.86. The molecule has 1 saturated carbocycles. The van der Waals surface area contributed by atoms with E-state index in [1.54, 1.807) is 0 Å². The van der Waals surface area contributed by atoms with E-state index < -0.39 is 0 Å². The highest BCUT2D eigenvalue weighted by Crippen LogP contribution is 2.45. The number of carbonyl (C=O) groups is 2. The number of likely N-dealkylation sites (tertiary alicyclic amines) is 1. The Balaban J connectivity index is 1.44. The normalized spacial score (nSPS) is 23.0. The molecule has 2 heterocycles.